The van der Waals surface area contributed by atoms with Gasteiger partial charge < -0.3 is 19.5 Å². The molecule has 3 aliphatic heterocycles. The molecule has 2 atom stereocenters. The Kier molecular flexibility index (Phi) is 7.43. The Bertz CT molecular complexity index is 989. The number of esters is 1. The van der Waals surface area contributed by atoms with Crippen molar-refractivity contribution in [3.8, 4) is 6.07 Å². The summed E-state index contributed by atoms with van der Waals surface area (Å²) >= 11 is 0. The van der Waals surface area contributed by atoms with Gasteiger partial charge >= 0.3 is 5.97 Å². The molecule has 8 nitrogen and oxygen atoms in total. The van der Waals surface area contributed by atoms with Crippen LogP contribution in [0.4, 0.5) is 0 Å². The fourth-order valence-corrected chi connectivity index (χ4v) is 4.97. The van der Waals surface area contributed by atoms with E-state index in [0.717, 1.165) is 68.0 Å². The van der Waals surface area contributed by atoms with Crippen LogP contribution in [-0.4, -0.2) is 79.5 Å². The van der Waals surface area contributed by atoms with Gasteiger partial charge in [0.2, 0.25) is 0 Å². The number of aliphatic imine (C=N–C) groups is 1. The van der Waals surface area contributed by atoms with Gasteiger partial charge in [-0.25, -0.2) is 4.79 Å². The first kappa shape index (κ1) is 23.4. The Labute approximate surface area is 195 Å². The molecule has 1 aromatic carbocycles. The lowest BCUT2D eigenvalue weighted by molar-refractivity contribution is 0.0534. The van der Waals surface area contributed by atoms with E-state index in [1.54, 1.807) is 19.4 Å². The van der Waals surface area contributed by atoms with Crippen LogP contribution in [0.3, 0.4) is 0 Å². The average Bonchev–Trinajstić information content (AvgIpc) is 3.23. The molecule has 0 aliphatic carbocycles. The second kappa shape index (κ2) is 10.5. The van der Waals surface area contributed by atoms with Crippen LogP contribution >= 0.6 is 0 Å². The number of β-amino-alcohol motifs (C(OH)–C–C–N with tert-alkyl or cyclic N) is 1. The number of aliphatic hydroxyl groups excluding tert-OH is 1. The third kappa shape index (κ3) is 5.11. The summed E-state index contributed by atoms with van der Waals surface area (Å²) < 4.78 is 10.5. The number of allylic oxidation sites excluding steroid dienone is 1. The summed E-state index contributed by atoms with van der Waals surface area (Å²) in [6.45, 7) is 7.61. The normalized spacial score (nSPS) is 22.1. The van der Waals surface area contributed by atoms with Gasteiger partial charge in [-0.05, 0) is 30.0 Å². The molecular formula is C25H32N4O4. The molecule has 1 N–H and O–H groups in total. The van der Waals surface area contributed by atoms with Crippen molar-refractivity contribution >= 4 is 12.2 Å². The van der Waals surface area contributed by atoms with E-state index >= 15 is 0 Å². The summed E-state index contributed by atoms with van der Waals surface area (Å²) in [5.74, 6) is 0.459. The summed E-state index contributed by atoms with van der Waals surface area (Å²) in [5, 5.41) is 20.1. The van der Waals surface area contributed by atoms with Crippen LogP contribution in [0.15, 0.2) is 28.5 Å². The molecule has 1 fully saturated rings. The van der Waals surface area contributed by atoms with Crippen molar-refractivity contribution in [2.24, 2.45) is 4.99 Å². The number of nitrogens with zero attached hydrogens (tertiary/aromatic N) is 4. The fraction of sp³-hybridized carbons (Fsp3) is 0.560. The predicted octanol–water partition coefficient (Wildman–Crippen LogP) is 2.23. The molecule has 0 spiro atoms. The average molecular weight is 453 g/mol. The van der Waals surface area contributed by atoms with E-state index in [2.05, 4.69) is 27.8 Å². The Hall–Kier alpha value is -2.73. The van der Waals surface area contributed by atoms with Gasteiger partial charge in [0.15, 0.2) is 0 Å². The minimum absolute atomic E-state index is 0.153. The first-order valence-corrected chi connectivity index (χ1v) is 11.7. The minimum atomic E-state index is -0.585. The molecule has 0 aromatic heterocycles. The molecule has 3 aliphatic rings. The lowest BCUT2D eigenvalue weighted by atomic mass is 9.92. The summed E-state index contributed by atoms with van der Waals surface area (Å²) in [5.41, 5.74) is 4.04. The maximum atomic E-state index is 11.9. The number of carbonyl (C=O) groups excluding carboxylic acids is 1. The van der Waals surface area contributed by atoms with E-state index in [-0.39, 0.29) is 12.0 Å². The minimum Gasteiger partial charge on any atom is -0.500 e. The number of rotatable bonds is 8. The number of hydrogen-bond donors (Lipinski definition) is 1. The first-order valence-electron chi connectivity index (χ1n) is 11.7. The highest BCUT2D eigenvalue weighted by atomic mass is 16.5. The molecule has 0 amide bonds. The molecular weight excluding hydrogens is 420 g/mol. The van der Waals surface area contributed by atoms with Crippen molar-refractivity contribution in [3.63, 3.8) is 0 Å². The van der Waals surface area contributed by atoms with Crippen LogP contribution in [0.5, 0.6) is 0 Å². The third-order valence-corrected chi connectivity index (χ3v) is 6.92. The smallest absolute Gasteiger partial charge is 0.338 e. The Morgan fingerprint density at radius 3 is 2.76 bits per heavy atom. The number of aliphatic hydroxyl groups is 1. The largest absolute Gasteiger partial charge is 0.500 e. The summed E-state index contributed by atoms with van der Waals surface area (Å²) in [6, 6.07) is 5.96. The van der Waals surface area contributed by atoms with Gasteiger partial charge in [-0.2, -0.15) is 5.26 Å². The summed E-state index contributed by atoms with van der Waals surface area (Å²) in [4.78, 5) is 21.1. The highest BCUT2D eigenvalue weighted by Crippen LogP contribution is 2.30. The van der Waals surface area contributed by atoms with Gasteiger partial charge in [-0.3, -0.25) is 9.89 Å². The van der Waals surface area contributed by atoms with Crippen LogP contribution in [0.1, 0.15) is 52.9 Å². The molecule has 176 valence electrons. The number of benzene rings is 1. The number of fused-ring (bicyclic) bond motifs is 1. The number of methoxy groups -OCH3 is 1. The molecule has 1 saturated heterocycles. The fourth-order valence-electron chi connectivity index (χ4n) is 4.97. The molecule has 1 aromatic rings. The van der Waals surface area contributed by atoms with Crippen molar-refractivity contribution in [1.82, 2.24) is 9.80 Å². The molecule has 8 heteroatoms. The van der Waals surface area contributed by atoms with Gasteiger partial charge in [-0.1, -0.05) is 13.0 Å². The number of piperazine rings is 1. The second-order valence-electron chi connectivity index (χ2n) is 8.82. The van der Waals surface area contributed by atoms with Gasteiger partial charge in [0, 0.05) is 57.5 Å². The maximum Gasteiger partial charge on any atom is 0.338 e. The zero-order valence-corrected chi connectivity index (χ0v) is 19.4. The van der Waals surface area contributed by atoms with Crippen LogP contribution in [-0.2, 0) is 22.5 Å². The molecule has 2 unspecified atom stereocenters. The Morgan fingerprint density at radius 2 is 2.06 bits per heavy atom. The van der Waals surface area contributed by atoms with Gasteiger partial charge in [0.25, 0.3) is 0 Å². The van der Waals surface area contributed by atoms with Gasteiger partial charge in [0.1, 0.15) is 24.0 Å². The topological polar surface area (TPSA) is 98.4 Å². The molecule has 33 heavy (non-hydrogen) atoms. The van der Waals surface area contributed by atoms with E-state index < -0.39 is 6.10 Å². The number of dihydropyridines is 1. The SMILES string of the molecule is CCc1c(C(O)CN2CCN(CCC3CC(OC)=C(C#N)C=N3)CC2)ccc2c1COC2=O. The predicted molar refractivity (Wildman–Crippen MR) is 124 cm³/mol. The van der Waals surface area contributed by atoms with Crippen molar-refractivity contribution in [3.05, 3.63) is 45.7 Å². The monoisotopic (exact) mass is 452 g/mol. The van der Waals surface area contributed by atoms with Gasteiger partial charge in [0.05, 0.1) is 24.8 Å². The van der Waals surface area contributed by atoms with Crippen LogP contribution in [0.2, 0.25) is 0 Å². The molecule has 4 rings (SSSR count). The van der Waals surface area contributed by atoms with Crippen molar-refractivity contribution in [1.29, 1.82) is 5.26 Å². The lowest BCUT2D eigenvalue weighted by Gasteiger charge is -2.36. The van der Waals surface area contributed by atoms with E-state index in [0.29, 0.717) is 30.7 Å². The maximum absolute atomic E-state index is 11.9. The zero-order valence-electron chi connectivity index (χ0n) is 19.4. The Morgan fingerprint density at radius 1 is 1.30 bits per heavy atom. The molecule has 0 bridgehead atoms. The number of cyclic esters (lactones) is 1. The van der Waals surface area contributed by atoms with Crippen LogP contribution in [0, 0.1) is 11.3 Å². The molecule has 0 saturated carbocycles. The summed E-state index contributed by atoms with van der Waals surface area (Å²) in [6.07, 6.45) is 3.43. The van der Waals surface area contributed by atoms with E-state index in [4.69, 9.17) is 14.7 Å². The zero-order chi connectivity index (χ0) is 23.4. The Balaban J connectivity index is 1.26. The van der Waals surface area contributed by atoms with Crippen LogP contribution < -0.4 is 0 Å². The van der Waals surface area contributed by atoms with Gasteiger partial charge in [-0.15, -0.1) is 0 Å². The second-order valence-corrected chi connectivity index (χ2v) is 8.82. The molecule has 3 heterocycles. The standard InChI is InChI=1S/C25H32N4O4/c1-3-19-20(4-5-21-22(19)16-33-25(21)31)23(30)15-29-10-8-28(9-11-29)7-6-18-12-24(32-2)17(13-26)14-27-18/h4-5,14,18,23,30H,3,6-12,15-16H2,1-2H3. The summed E-state index contributed by atoms with van der Waals surface area (Å²) in [7, 11) is 1.61. The quantitative estimate of drug-likeness (QED) is 0.604. The number of carbonyl (C=O) groups is 1. The highest BCUT2D eigenvalue weighted by molar-refractivity contribution is 5.94. The number of hydrogen-bond acceptors (Lipinski definition) is 8. The third-order valence-electron chi connectivity index (χ3n) is 6.92. The van der Waals surface area contributed by atoms with E-state index in [1.807, 2.05) is 6.07 Å². The van der Waals surface area contributed by atoms with Crippen LogP contribution in [0.25, 0.3) is 0 Å². The molecule has 0 radical (unpaired) electrons. The lowest BCUT2D eigenvalue weighted by Crippen LogP contribution is -2.48. The van der Waals surface area contributed by atoms with E-state index in [1.165, 1.54) is 0 Å². The van der Waals surface area contributed by atoms with Crippen molar-refractivity contribution in [2.75, 3.05) is 46.4 Å². The number of nitriles is 1. The highest BCUT2D eigenvalue weighted by Gasteiger charge is 2.28. The van der Waals surface area contributed by atoms with E-state index in [9.17, 15) is 9.90 Å². The van der Waals surface area contributed by atoms with Crippen molar-refractivity contribution in [2.45, 2.75) is 44.9 Å². The first-order chi connectivity index (χ1) is 16.0. The van der Waals surface area contributed by atoms with Crippen molar-refractivity contribution < 1.29 is 19.4 Å². The number of ether oxygens (including phenoxy) is 2.